The summed E-state index contributed by atoms with van der Waals surface area (Å²) >= 11 is 0. The number of anilines is 1. The predicted octanol–water partition coefficient (Wildman–Crippen LogP) is 1.90. The van der Waals surface area contributed by atoms with Gasteiger partial charge in [0.2, 0.25) is 11.8 Å². The van der Waals surface area contributed by atoms with E-state index in [0.717, 1.165) is 12.1 Å². The second-order valence-corrected chi connectivity index (χ2v) is 4.85. The zero-order valence-corrected chi connectivity index (χ0v) is 11.0. The average Bonchev–Trinajstić information content (AvgIpc) is 2.91. The third kappa shape index (κ3) is 2.12. The summed E-state index contributed by atoms with van der Waals surface area (Å²) in [6.07, 6.45) is 1.07. The van der Waals surface area contributed by atoms with E-state index in [-0.39, 0.29) is 18.4 Å². The Morgan fingerprint density at radius 2 is 2.26 bits per heavy atom. The Labute approximate surface area is 111 Å². The molecule has 0 spiro atoms. The van der Waals surface area contributed by atoms with Crippen LogP contribution >= 0.6 is 0 Å². The lowest BCUT2D eigenvalue weighted by Crippen LogP contribution is -2.37. The number of aryl methyl sites for hydroxylation is 1. The number of benzene rings is 1. The zero-order chi connectivity index (χ0) is 13.4. The number of amides is 1. The number of nitrogens with zero attached hydrogens (tertiary/aromatic N) is 3. The van der Waals surface area contributed by atoms with Crippen molar-refractivity contribution in [2.24, 2.45) is 0 Å². The van der Waals surface area contributed by atoms with Crippen LogP contribution in [0.2, 0.25) is 0 Å². The average molecular weight is 257 g/mol. The molecule has 1 aliphatic heterocycles. The van der Waals surface area contributed by atoms with E-state index in [0.29, 0.717) is 11.7 Å². The van der Waals surface area contributed by atoms with E-state index >= 15 is 0 Å². The monoisotopic (exact) mass is 257 g/mol. The fourth-order valence-electron chi connectivity index (χ4n) is 2.58. The van der Waals surface area contributed by atoms with Gasteiger partial charge >= 0.3 is 0 Å². The number of aromatic nitrogens is 2. The van der Waals surface area contributed by atoms with E-state index in [1.54, 1.807) is 6.92 Å². The number of para-hydroxylation sites is 1. The van der Waals surface area contributed by atoms with Gasteiger partial charge in [-0.1, -0.05) is 23.4 Å². The Hall–Kier alpha value is -2.17. The molecule has 1 atom stereocenters. The fourth-order valence-corrected chi connectivity index (χ4v) is 2.58. The van der Waals surface area contributed by atoms with Crippen molar-refractivity contribution in [3.05, 3.63) is 41.5 Å². The lowest BCUT2D eigenvalue weighted by molar-refractivity contribution is -0.118. The first-order chi connectivity index (χ1) is 9.15. The van der Waals surface area contributed by atoms with Crippen LogP contribution in [0.5, 0.6) is 0 Å². The highest BCUT2D eigenvalue weighted by Gasteiger charge is 2.30. The van der Waals surface area contributed by atoms with Gasteiger partial charge in [0.15, 0.2) is 5.82 Å². The van der Waals surface area contributed by atoms with Crippen molar-refractivity contribution in [1.29, 1.82) is 0 Å². The normalized spacial score (nSPS) is 17.6. The smallest absolute Gasteiger partial charge is 0.235 e. The summed E-state index contributed by atoms with van der Waals surface area (Å²) in [4.78, 5) is 18.3. The van der Waals surface area contributed by atoms with E-state index in [4.69, 9.17) is 4.52 Å². The van der Waals surface area contributed by atoms with Crippen LogP contribution in [0.15, 0.2) is 28.8 Å². The molecule has 2 aromatic rings. The number of hydrogen-bond acceptors (Lipinski definition) is 4. The summed E-state index contributed by atoms with van der Waals surface area (Å²) in [6.45, 7) is 3.77. The third-order valence-electron chi connectivity index (χ3n) is 3.35. The summed E-state index contributed by atoms with van der Waals surface area (Å²) in [7, 11) is 0. The number of hydrogen-bond donors (Lipinski definition) is 0. The summed E-state index contributed by atoms with van der Waals surface area (Å²) in [5, 5.41) is 3.77. The molecular weight excluding hydrogens is 242 g/mol. The molecule has 1 unspecified atom stereocenters. The Bertz CT molecular complexity index is 621. The van der Waals surface area contributed by atoms with Gasteiger partial charge in [0.25, 0.3) is 0 Å². The van der Waals surface area contributed by atoms with Crippen molar-refractivity contribution < 1.29 is 9.32 Å². The molecule has 0 bridgehead atoms. The molecule has 0 saturated carbocycles. The van der Waals surface area contributed by atoms with Crippen molar-refractivity contribution in [3.63, 3.8) is 0 Å². The van der Waals surface area contributed by atoms with Crippen molar-refractivity contribution >= 4 is 11.6 Å². The molecule has 0 radical (unpaired) electrons. The van der Waals surface area contributed by atoms with Crippen molar-refractivity contribution in [2.45, 2.75) is 32.7 Å². The lowest BCUT2D eigenvalue weighted by atomic mass is 10.1. The van der Waals surface area contributed by atoms with Crippen LogP contribution in [0.4, 0.5) is 5.69 Å². The molecular formula is C14H15N3O2. The van der Waals surface area contributed by atoms with Crippen molar-refractivity contribution in [3.8, 4) is 0 Å². The van der Waals surface area contributed by atoms with Gasteiger partial charge in [-0.25, -0.2) is 0 Å². The van der Waals surface area contributed by atoms with Crippen LogP contribution in [0, 0.1) is 6.92 Å². The minimum atomic E-state index is 0.0123. The largest absolute Gasteiger partial charge is 0.340 e. The van der Waals surface area contributed by atoms with Crippen LogP contribution in [-0.2, 0) is 17.6 Å². The van der Waals surface area contributed by atoms with E-state index in [2.05, 4.69) is 23.1 Å². The highest BCUT2D eigenvalue weighted by atomic mass is 16.5. The maximum atomic E-state index is 12.4. The van der Waals surface area contributed by atoms with Gasteiger partial charge in [0.05, 0.1) is 6.42 Å². The first-order valence-electron chi connectivity index (χ1n) is 6.34. The molecule has 0 saturated heterocycles. The first kappa shape index (κ1) is 11.9. The number of carbonyl (C=O) groups excluding carboxylic acids is 1. The Morgan fingerprint density at radius 3 is 3.00 bits per heavy atom. The minimum absolute atomic E-state index is 0.0123. The van der Waals surface area contributed by atoms with Crippen molar-refractivity contribution in [2.75, 3.05) is 4.90 Å². The molecule has 5 nitrogen and oxygen atoms in total. The second kappa shape index (κ2) is 4.50. The maximum Gasteiger partial charge on any atom is 0.235 e. The van der Waals surface area contributed by atoms with Gasteiger partial charge < -0.3 is 9.42 Å². The standard InChI is InChI=1S/C14H15N3O2/c1-9-7-11-5-3-4-6-12(11)17(9)14(18)8-13-15-10(2)19-16-13/h3-6,9H,7-8H2,1-2H3. The molecule has 1 amide bonds. The third-order valence-corrected chi connectivity index (χ3v) is 3.35. The molecule has 0 aliphatic carbocycles. The van der Waals surface area contributed by atoms with Gasteiger partial charge in [-0.2, -0.15) is 4.98 Å². The molecule has 1 aliphatic rings. The number of rotatable bonds is 2. The van der Waals surface area contributed by atoms with Crippen LogP contribution in [0.25, 0.3) is 0 Å². The Balaban J connectivity index is 1.84. The summed E-state index contributed by atoms with van der Waals surface area (Å²) in [5.74, 6) is 0.940. The first-order valence-corrected chi connectivity index (χ1v) is 6.34. The topological polar surface area (TPSA) is 59.2 Å². The molecule has 19 heavy (non-hydrogen) atoms. The SMILES string of the molecule is Cc1nc(CC(=O)N2c3ccccc3CC2C)no1. The van der Waals surface area contributed by atoms with Gasteiger partial charge in [-0.3, -0.25) is 4.79 Å². The zero-order valence-electron chi connectivity index (χ0n) is 11.0. The molecule has 1 aromatic heterocycles. The van der Waals surface area contributed by atoms with Crippen LogP contribution < -0.4 is 4.90 Å². The van der Waals surface area contributed by atoms with Crippen molar-refractivity contribution in [1.82, 2.24) is 10.1 Å². The molecule has 5 heteroatoms. The Kier molecular flexibility index (Phi) is 2.81. The van der Waals surface area contributed by atoms with Gasteiger partial charge in [-0.15, -0.1) is 0 Å². The lowest BCUT2D eigenvalue weighted by Gasteiger charge is -2.22. The fraction of sp³-hybridized carbons (Fsp3) is 0.357. The molecule has 98 valence electrons. The van der Waals surface area contributed by atoms with Gasteiger partial charge in [0.1, 0.15) is 0 Å². The number of fused-ring (bicyclic) bond motifs is 1. The maximum absolute atomic E-state index is 12.4. The van der Waals surface area contributed by atoms with E-state index in [1.165, 1.54) is 5.56 Å². The minimum Gasteiger partial charge on any atom is -0.340 e. The van der Waals surface area contributed by atoms with Crippen LogP contribution in [0.1, 0.15) is 24.2 Å². The molecule has 1 aromatic carbocycles. The molecule has 0 N–H and O–H groups in total. The highest BCUT2D eigenvalue weighted by molar-refractivity contribution is 5.97. The number of carbonyl (C=O) groups is 1. The van der Waals surface area contributed by atoms with E-state index in [1.807, 2.05) is 23.1 Å². The summed E-state index contributed by atoms with van der Waals surface area (Å²) < 4.78 is 4.89. The molecule has 3 rings (SSSR count). The quantitative estimate of drug-likeness (QED) is 0.824. The Morgan fingerprint density at radius 1 is 1.47 bits per heavy atom. The molecule has 2 heterocycles. The van der Waals surface area contributed by atoms with Gasteiger partial charge in [0, 0.05) is 18.7 Å². The predicted molar refractivity (Wildman–Crippen MR) is 69.8 cm³/mol. The summed E-state index contributed by atoms with van der Waals surface area (Å²) in [6, 6.07) is 8.19. The highest BCUT2D eigenvalue weighted by Crippen LogP contribution is 2.32. The summed E-state index contributed by atoms with van der Waals surface area (Å²) in [5.41, 5.74) is 2.22. The van der Waals surface area contributed by atoms with Crippen LogP contribution in [0.3, 0.4) is 0 Å². The second-order valence-electron chi connectivity index (χ2n) is 4.85. The molecule has 0 fully saturated rings. The van der Waals surface area contributed by atoms with Gasteiger partial charge in [-0.05, 0) is 25.0 Å². The van der Waals surface area contributed by atoms with E-state index in [9.17, 15) is 4.79 Å². The van der Waals surface area contributed by atoms with E-state index < -0.39 is 0 Å². The van der Waals surface area contributed by atoms with Crippen LogP contribution in [-0.4, -0.2) is 22.1 Å².